The Balaban J connectivity index is 1.62. The number of rotatable bonds is 2. The summed E-state index contributed by atoms with van der Waals surface area (Å²) in [4.78, 5) is 6.77. The number of hydrogen-bond donors (Lipinski definition) is 0. The van der Waals surface area contributed by atoms with Crippen LogP contribution < -0.4 is 0 Å². The Kier molecular flexibility index (Phi) is 2.45. The second-order valence-electron chi connectivity index (χ2n) is 5.01. The Morgan fingerprint density at radius 1 is 1.27 bits per heavy atom. The van der Waals surface area contributed by atoms with Crippen molar-refractivity contribution in [2.45, 2.75) is 25.8 Å². The molecule has 1 aliphatic heterocycles. The highest BCUT2D eigenvalue weighted by Gasteiger charge is 2.35. The zero-order chi connectivity index (χ0) is 10.1. The van der Waals surface area contributed by atoms with Gasteiger partial charge in [0.25, 0.3) is 0 Å². The SMILES string of the molecule is c1cncc(CN2C[C@H]3CCC[C@H]3C2)c1. The van der Waals surface area contributed by atoms with Crippen molar-refractivity contribution in [3.05, 3.63) is 30.1 Å². The van der Waals surface area contributed by atoms with Crippen molar-refractivity contribution in [1.82, 2.24) is 9.88 Å². The predicted octanol–water partition coefficient (Wildman–Crippen LogP) is 2.31. The van der Waals surface area contributed by atoms with Gasteiger partial charge in [-0.2, -0.15) is 0 Å². The van der Waals surface area contributed by atoms with Gasteiger partial charge >= 0.3 is 0 Å². The smallest absolute Gasteiger partial charge is 0.0312 e. The zero-order valence-electron chi connectivity index (χ0n) is 9.10. The largest absolute Gasteiger partial charge is 0.298 e. The second-order valence-corrected chi connectivity index (χ2v) is 5.01. The van der Waals surface area contributed by atoms with E-state index >= 15 is 0 Å². The maximum Gasteiger partial charge on any atom is 0.0312 e. The third kappa shape index (κ3) is 1.91. The molecule has 0 bridgehead atoms. The minimum Gasteiger partial charge on any atom is -0.298 e. The van der Waals surface area contributed by atoms with Crippen LogP contribution in [-0.4, -0.2) is 23.0 Å². The first-order valence-corrected chi connectivity index (χ1v) is 6.03. The quantitative estimate of drug-likeness (QED) is 0.731. The molecule has 3 rings (SSSR count). The number of hydrogen-bond acceptors (Lipinski definition) is 2. The summed E-state index contributed by atoms with van der Waals surface area (Å²) in [6.07, 6.45) is 8.24. The van der Waals surface area contributed by atoms with Gasteiger partial charge in [-0.05, 0) is 36.3 Å². The summed E-state index contributed by atoms with van der Waals surface area (Å²) in [5.41, 5.74) is 1.36. The Morgan fingerprint density at radius 3 is 2.73 bits per heavy atom. The van der Waals surface area contributed by atoms with Gasteiger partial charge in [-0.25, -0.2) is 0 Å². The van der Waals surface area contributed by atoms with Crippen molar-refractivity contribution in [2.75, 3.05) is 13.1 Å². The van der Waals surface area contributed by atoms with E-state index in [1.54, 1.807) is 0 Å². The monoisotopic (exact) mass is 202 g/mol. The molecule has 0 unspecified atom stereocenters. The fourth-order valence-electron chi connectivity index (χ4n) is 3.21. The number of likely N-dealkylation sites (tertiary alicyclic amines) is 1. The molecule has 80 valence electrons. The van der Waals surface area contributed by atoms with Gasteiger partial charge in [0.2, 0.25) is 0 Å². The molecule has 15 heavy (non-hydrogen) atoms. The molecule has 2 fully saturated rings. The average Bonchev–Trinajstić information content (AvgIpc) is 2.79. The molecule has 0 spiro atoms. The summed E-state index contributed by atoms with van der Waals surface area (Å²) in [6.45, 7) is 3.74. The van der Waals surface area contributed by atoms with E-state index in [1.165, 1.54) is 37.9 Å². The maximum atomic E-state index is 4.17. The molecule has 0 amide bonds. The molecule has 0 radical (unpaired) electrons. The lowest BCUT2D eigenvalue weighted by molar-refractivity contribution is 0.303. The van der Waals surface area contributed by atoms with Crippen molar-refractivity contribution >= 4 is 0 Å². The van der Waals surface area contributed by atoms with Gasteiger partial charge in [-0.15, -0.1) is 0 Å². The van der Waals surface area contributed by atoms with Crippen LogP contribution in [0.5, 0.6) is 0 Å². The Hall–Kier alpha value is -0.890. The highest BCUT2D eigenvalue weighted by atomic mass is 15.2. The average molecular weight is 202 g/mol. The van der Waals surface area contributed by atoms with E-state index < -0.39 is 0 Å². The topological polar surface area (TPSA) is 16.1 Å². The molecular formula is C13H18N2. The minimum absolute atomic E-state index is 1.00. The molecule has 2 heterocycles. The number of aromatic nitrogens is 1. The van der Waals surface area contributed by atoms with Crippen LogP contribution in [0.2, 0.25) is 0 Å². The fourth-order valence-corrected chi connectivity index (χ4v) is 3.21. The van der Waals surface area contributed by atoms with Crippen LogP contribution in [0.1, 0.15) is 24.8 Å². The Bertz CT molecular complexity index is 311. The molecule has 1 aromatic rings. The lowest BCUT2D eigenvalue weighted by atomic mass is 10.0. The normalized spacial score (nSPS) is 30.7. The van der Waals surface area contributed by atoms with Crippen molar-refractivity contribution in [3.8, 4) is 0 Å². The summed E-state index contributed by atoms with van der Waals surface area (Å²) in [6, 6.07) is 4.22. The van der Waals surface area contributed by atoms with Crippen LogP contribution >= 0.6 is 0 Å². The summed E-state index contributed by atoms with van der Waals surface area (Å²) < 4.78 is 0. The van der Waals surface area contributed by atoms with Crippen molar-refractivity contribution in [1.29, 1.82) is 0 Å². The molecule has 2 heteroatoms. The van der Waals surface area contributed by atoms with Gasteiger partial charge in [0.05, 0.1) is 0 Å². The van der Waals surface area contributed by atoms with E-state index in [0.29, 0.717) is 0 Å². The first kappa shape index (κ1) is 9.34. The van der Waals surface area contributed by atoms with Crippen LogP contribution in [0, 0.1) is 11.8 Å². The van der Waals surface area contributed by atoms with Crippen molar-refractivity contribution in [2.24, 2.45) is 11.8 Å². The van der Waals surface area contributed by atoms with Crippen LogP contribution in [0.4, 0.5) is 0 Å². The number of fused-ring (bicyclic) bond motifs is 1. The number of pyridine rings is 1. The first-order valence-electron chi connectivity index (χ1n) is 6.03. The van der Waals surface area contributed by atoms with Crippen LogP contribution in [0.3, 0.4) is 0 Å². The van der Waals surface area contributed by atoms with Gasteiger partial charge in [-0.1, -0.05) is 12.5 Å². The van der Waals surface area contributed by atoms with Crippen LogP contribution in [0.15, 0.2) is 24.5 Å². The lowest BCUT2D eigenvalue weighted by Crippen LogP contribution is -2.21. The van der Waals surface area contributed by atoms with Gasteiger partial charge in [-0.3, -0.25) is 9.88 Å². The molecule has 2 aliphatic rings. The van der Waals surface area contributed by atoms with Gasteiger partial charge in [0.1, 0.15) is 0 Å². The van der Waals surface area contributed by atoms with E-state index in [9.17, 15) is 0 Å². The summed E-state index contributed by atoms with van der Waals surface area (Å²) in [7, 11) is 0. The summed E-state index contributed by atoms with van der Waals surface area (Å²) in [5.74, 6) is 2.00. The summed E-state index contributed by atoms with van der Waals surface area (Å²) >= 11 is 0. The molecule has 2 atom stereocenters. The van der Waals surface area contributed by atoms with Gasteiger partial charge < -0.3 is 0 Å². The van der Waals surface area contributed by atoms with Crippen LogP contribution in [0.25, 0.3) is 0 Å². The molecule has 1 saturated heterocycles. The van der Waals surface area contributed by atoms with E-state index in [4.69, 9.17) is 0 Å². The number of nitrogens with zero attached hydrogens (tertiary/aromatic N) is 2. The third-order valence-electron chi connectivity index (χ3n) is 3.93. The van der Waals surface area contributed by atoms with Crippen LogP contribution in [-0.2, 0) is 6.54 Å². The molecule has 1 saturated carbocycles. The molecule has 0 aromatic carbocycles. The highest BCUT2D eigenvalue weighted by molar-refractivity contribution is 5.08. The highest BCUT2D eigenvalue weighted by Crippen LogP contribution is 2.38. The molecule has 0 N–H and O–H groups in total. The fraction of sp³-hybridized carbons (Fsp3) is 0.615. The molecule has 2 nitrogen and oxygen atoms in total. The maximum absolute atomic E-state index is 4.17. The summed E-state index contributed by atoms with van der Waals surface area (Å²) in [5, 5.41) is 0. The molecular weight excluding hydrogens is 184 g/mol. The molecule has 1 aliphatic carbocycles. The minimum atomic E-state index is 1.00. The van der Waals surface area contributed by atoms with Gasteiger partial charge in [0.15, 0.2) is 0 Å². The first-order chi connectivity index (χ1) is 7.42. The standard InChI is InChI=1S/C13H18N2/c1-4-12-9-15(10-13(12)5-1)8-11-3-2-6-14-7-11/h2-3,6-7,12-13H,1,4-5,8-10H2/t12-,13+. The van der Waals surface area contributed by atoms with Gasteiger partial charge in [0, 0.05) is 32.0 Å². The van der Waals surface area contributed by atoms with E-state index in [2.05, 4.69) is 16.0 Å². The van der Waals surface area contributed by atoms with Crippen molar-refractivity contribution in [3.63, 3.8) is 0 Å². The van der Waals surface area contributed by atoms with E-state index in [0.717, 1.165) is 18.4 Å². The van der Waals surface area contributed by atoms with E-state index in [1.807, 2.05) is 18.5 Å². The Labute approximate surface area is 91.3 Å². The third-order valence-corrected chi connectivity index (χ3v) is 3.93. The van der Waals surface area contributed by atoms with Crippen molar-refractivity contribution < 1.29 is 0 Å². The molecule has 1 aromatic heterocycles. The zero-order valence-corrected chi connectivity index (χ0v) is 9.10. The lowest BCUT2D eigenvalue weighted by Gasteiger charge is -2.16. The predicted molar refractivity (Wildman–Crippen MR) is 60.3 cm³/mol. The second kappa shape index (κ2) is 3.93. The van der Waals surface area contributed by atoms with E-state index in [-0.39, 0.29) is 0 Å². The Morgan fingerprint density at radius 2 is 2.07 bits per heavy atom.